The van der Waals surface area contributed by atoms with Crippen molar-refractivity contribution in [2.24, 2.45) is 5.73 Å². The standard InChI is InChI=1S/C15H24N2O2/c1-11-5-3-4-6-14(11)15(12(2)16)17-7-8-19-10-13(17)9-18/h3-6,12-13,15,18H,7-10,16H2,1-2H3. The summed E-state index contributed by atoms with van der Waals surface area (Å²) in [4.78, 5) is 2.29. The summed E-state index contributed by atoms with van der Waals surface area (Å²) in [6, 6.07) is 8.50. The Morgan fingerprint density at radius 3 is 2.84 bits per heavy atom. The molecule has 0 spiro atoms. The van der Waals surface area contributed by atoms with Crippen LogP contribution < -0.4 is 5.73 Å². The Morgan fingerprint density at radius 1 is 1.47 bits per heavy atom. The Bertz CT molecular complexity index is 409. The van der Waals surface area contributed by atoms with Gasteiger partial charge in [0.25, 0.3) is 0 Å². The monoisotopic (exact) mass is 264 g/mol. The van der Waals surface area contributed by atoms with Gasteiger partial charge in [0.2, 0.25) is 0 Å². The average molecular weight is 264 g/mol. The molecule has 3 unspecified atom stereocenters. The van der Waals surface area contributed by atoms with E-state index in [1.54, 1.807) is 0 Å². The molecule has 0 saturated carbocycles. The molecule has 1 aliphatic rings. The van der Waals surface area contributed by atoms with Gasteiger partial charge in [0.15, 0.2) is 0 Å². The third-order valence-corrected chi connectivity index (χ3v) is 3.85. The Hall–Kier alpha value is -0.940. The molecule has 0 radical (unpaired) electrons. The van der Waals surface area contributed by atoms with Crippen LogP contribution >= 0.6 is 0 Å². The summed E-state index contributed by atoms with van der Waals surface area (Å²) in [7, 11) is 0. The predicted octanol–water partition coefficient (Wildman–Crippen LogP) is 1.08. The first-order valence-electron chi connectivity index (χ1n) is 6.90. The van der Waals surface area contributed by atoms with Crippen LogP contribution in [-0.2, 0) is 4.74 Å². The highest BCUT2D eigenvalue weighted by atomic mass is 16.5. The van der Waals surface area contributed by atoms with Crippen LogP contribution in [0.3, 0.4) is 0 Å². The first kappa shape index (κ1) is 14.5. The number of ether oxygens (including phenoxy) is 1. The second-order valence-electron chi connectivity index (χ2n) is 5.31. The zero-order valence-electron chi connectivity index (χ0n) is 11.7. The molecule has 1 fully saturated rings. The summed E-state index contributed by atoms with van der Waals surface area (Å²) < 4.78 is 5.46. The largest absolute Gasteiger partial charge is 0.395 e. The molecular formula is C15H24N2O2. The van der Waals surface area contributed by atoms with Gasteiger partial charge < -0.3 is 15.6 Å². The van der Waals surface area contributed by atoms with Gasteiger partial charge in [-0.15, -0.1) is 0 Å². The molecule has 1 aliphatic heterocycles. The number of nitrogens with two attached hydrogens (primary N) is 1. The Morgan fingerprint density at radius 2 is 2.21 bits per heavy atom. The third-order valence-electron chi connectivity index (χ3n) is 3.85. The summed E-state index contributed by atoms with van der Waals surface area (Å²) in [6.07, 6.45) is 0. The van der Waals surface area contributed by atoms with Crippen LogP contribution in [0.5, 0.6) is 0 Å². The van der Waals surface area contributed by atoms with Crippen LogP contribution in [0.25, 0.3) is 0 Å². The average Bonchev–Trinajstić information content (AvgIpc) is 2.41. The topological polar surface area (TPSA) is 58.7 Å². The number of hydrogen-bond acceptors (Lipinski definition) is 4. The van der Waals surface area contributed by atoms with E-state index in [0.29, 0.717) is 13.2 Å². The summed E-state index contributed by atoms with van der Waals surface area (Å²) in [5, 5.41) is 9.55. The SMILES string of the molecule is Cc1ccccc1C(C(C)N)N1CCOCC1CO. The summed E-state index contributed by atoms with van der Waals surface area (Å²) in [5.41, 5.74) is 8.71. The minimum Gasteiger partial charge on any atom is -0.395 e. The van der Waals surface area contributed by atoms with Crippen LogP contribution in [0.4, 0.5) is 0 Å². The highest BCUT2D eigenvalue weighted by Gasteiger charge is 2.32. The van der Waals surface area contributed by atoms with Crippen molar-refractivity contribution in [3.63, 3.8) is 0 Å². The number of aliphatic hydroxyl groups excluding tert-OH is 1. The van der Waals surface area contributed by atoms with Crippen LogP contribution in [-0.4, -0.2) is 48.5 Å². The fraction of sp³-hybridized carbons (Fsp3) is 0.600. The zero-order chi connectivity index (χ0) is 13.8. The molecule has 106 valence electrons. The van der Waals surface area contributed by atoms with Crippen molar-refractivity contribution in [1.82, 2.24) is 4.90 Å². The van der Waals surface area contributed by atoms with E-state index < -0.39 is 0 Å². The first-order chi connectivity index (χ1) is 9.15. The maximum absolute atomic E-state index is 9.55. The van der Waals surface area contributed by atoms with Crippen LogP contribution in [0, 0.1) is 6.92 Å². The summed E-state index contributed by atoms with van der Waals surface area (Å²) in [5.74, 6) is 0. The Kier molecular flexibility index (Phi) is 4.93. The van der Waals surface area contributed by atoms with Gasteiger partial charge in [0.05, 0.1) is 31.9 Å². The Balaban J connectivity index is 2.32. The minimum atomic E-state index is 0.00764. The zero-order valence-corrected chi connectivity index (χ0v) is 11.7. The molecule has 0 amide bonds. The molecule has 1 aromatic rings. The molecule has 1 aromatic carbocycles. The number of aryl methyl sites for hydroxylation is 1. The van der Waals surface area contributed by atoms with E-state index in [2.05, 4.69) is 24.0 Å². The lowest BCUT2D eigenvalue weighted by atomic mass is 9.93. The van der Waals surface area contributed by atoms with Gasteiger partial charge in [-0.05, 0) is 25.0 Å². The van der Waals surface area contributed by atoms with E-state index in [0.717, 1.165) is 6.54 Å². The summed E-state index contributed by atoms with van der Waals surface area (Å²) >= 11 is 0. The van der Waals surface area contributed by atoms with Gasteiger partial charge >= 0.3 is 0 Å². The van der Waals surface area contributed by atoms with E-state index in [4.69, 9.17) is 10.5 Å². The third kappa shape index (κ3) is 3.15. The molecule has 3 N–H and O–H groups in total. The van der Waals surface area contributed by atoms with Gasteiger partial charge in [-0.25, -0.2) is 0 Å². The normalized spacial score (nSPS) is 24.1. The van der Waals surface area contributed by atoms with Crippen molar-refractivity contribution in [3.05, 3.63) is 35.4 Å². The number of rotatable bonds is 4. The van der Waals surface area contributed by atoms with Crippen molar-refractivity contribution < 1.29 is 9.84 Å². The van der Waals surface area contributed by atoms with Crippen LogP contribution in [0.1, 0.15) is 24.1 Å². The van der Waals surface area contributed by atoms with E-state index in [-0.39, 0.29) is 24.7 Å². The fourth-order valence-corrected chi connectivity index (χ4v) is 2.87. The van der Waals surface area contributed by atoms with Crippen molar-refractivity contribution in [2.75, 3.05) is 26.4 Å². The molecule has 0 aromatic heterocycles. The predicted molar refractivity (Wildman–Crippen MR) is 76.0 cm³/mol. The number of morpholine rings is 1. The minimum absolute atomic E-state index is 0.00764. The number of aliphatic hydroxyl groups is 1. The van der Waals surface area contributed by atoms with Crippen molar-refractivity contribution in [2.45, 2.75) is 32.0 Å². The lowest BCUT2D eigenvalue weighted by Crippen LogP contribution is -2.53. The molecule has 1 saturated heterocycles. The van der Waals surface area contributed by atoms with E-state index in [1.807, 2.05) is 19.1 Å². The smallest absolute Gasteiger partial charge is 0.0645 e. The van der Waals surface area contributed by atoms with Gasteiger partial charge in [0, 0.05) is 12.6 Å². The van der Waals surface area contributed by atoms with Crippen molar-refractivity contribution >= 4 is 0 Å². The first-order valence-corrected chi connectivity index (χ1v) is 6.90. The lowest BCUT2D eigenvalue weighted by molar-refractivity contribution is -0.0517. The van der Waals surface area contributed by atoms with Crippen LogP contribution in [0.15, 0.2) is 24.3 Å². The van der Waals surface area contributed by atoms with Gasteiger partial charge in [-0.2, -0.15) is 0 Å². The molecule has 0 aliphatic carbocycles. The van der Waals surface area contributed by atoms with Gasteiger partial charge in [0.1, 0.15) is 0 Å². The molecule has 2 rings (SSSR count). The van der Waals surface area contributed by atoms with Gasteiger partial charge in [-0.3, -0.25) is 4.90 Å². The van der Waals surface area contributed by atoms with Gasteiger partial charge in [-0.1, -0.05) is 24.3 Å². The van der Waals surface area contributed by atoms with Crippen LogP contribution in [0.2, 0.25) is 0 Å². The Labute approximate surface area is 115 Å². The van der Waals surface area contributed by atoms with E-state index in [9.17, 15) is 5.11 Å². The molecule has 19 heavy (non-hydrogen) atoms. The van der Waals surface area contributed by atoms with E-state index in [1.165, 1.54) is 11.1 Å². The molecule has 4 nitrogen and oxygen atoms in total. The maximum Gasteiger partial charge on any atom is 0.0645 e. The van der Waals surface area contributed by atoms with Crippen molar-refractivity contribution in [1.29, 1.82) is 0 Å². The molecular weight excluding hydrogens is 240 g/mol. The number of nitrogens with zero attached hydrogens (tertiary/aromatic N) is 1. The lowest BCUT2D eigenvalue weighted by Gasteiger charge is -2.42. The molecule has 1 heterocycles. The maximum atomic E-state index is 9.55. The molecule has 3 atom stereocenters. The molecule has 4 heteroatoms. The van der Waals surface area contributed by atoms with E-state index >= 15 is 0 Å². The second-order valence-corrected chi connectivity index (χ2v) is 5.31. The molecule has 0 bridgehead atoms. The highest BCUT2D eigenvalue weighted by molar-refractivity contribution is 5.30. The van der Waals surface area contributed by atoms with Crippen molar-refractivity contribution in [3.8, 4) is 0 Å². The second kappa shape index (κ2) is 6.48. The quantitative estimate of drug-likeness (QED) is 0.854. The highest BCUT2D eigenvalue weighted by Crippen LogP contribution is 2.29. The number of benzene rings is 1. The number of hydrogen-bond donors (Lipinski definition) is 2. The summed E-state index contributed by atoms with van der Waals surface area (Å²) in [6.45, 7) is 6.33. The fourth-order valence-electron chi connectivity index (χ4n) is 2.87.